The number of nitrogens with one attached hydrogen (secondary N) is 1. The molecule has 4 rings (SSSR count). The van der Waals surface area contributed by atoms with E-state index < -0.39 is 12.6 Å². The first-order valence-electron chi connectivity index (χ1n) is 10.8. The van der Waals surface area contributed by atoms with Crippen LogP contribution in [0.3, 0.4) is 0 Å². The number of carbonyl (C=O) groups is 3. The predicted octanol–water partition coefficient (Wildman–Crippen LogP) is 5.32. The molecule has 0 saturated heterocycles. The number of hydrogen-bond acceptors (Lipinski definition) is 7. The van der Waals surface area contributed by atoms with E-state index in [4.69, 9.17) is 9.47 Å². The summed E-state index contributed by atoms with van der Waals surface area (Å²) in [5, 5.41) is 5.68. The van der Waals surface area contributed by atoms with Gasteiger partial charge in [-0.1, -0.05) is 18.2 Å². The normalized spacial score (nSPS) is 10.4. The summed E-state index contributed by atoms with van der Waals surface area (Å²) < 4.78 is 10.8. The SMILES string of the molecule is Cc1nc(COc2ccc(C(=O)OCC(=O)c3ccc(NC(=O)c4ccccc4)cc3)cc2)cs1. The van der Waals surface area contributed by atoms with Crippen LogP contribution in [0.25, 0.3) is 0 Å². The van der Waals surface area contributed by atoms with E-state index >= 15 is 0 Å². The van der Waals surface area contributed by atoms with E-state index in [-0.39, 0.29) is 11.7 Å². The number of carbonyl (C=O) groups excluding carboxylic acids is 3. The Kier molecular flexibility index (Phi) is 7.64. The van der Waals surface area contributed by atoms with Gasteiger partial charge in [0.2, 0.25) is 0 Å². The van der Waals surface area contributed by atoms with Crippen molar-refractivity contribution in [3.8, 4) is 5.75 Å². The number of aryl methyl sites for hydroxylation is 1. The van der Waals surface area contributed by atoms with Gasteiger partial charge in [-0.15, -0.1) is 11.3 Å². The molecule has 8 heteroatoms. The molecule has 0 aliphatic heterocycles. The summed E-state index contributed by atoms with van der Waals surface area (Å²) in [5.74, 6) is -0.597. The molecule has 0 aliphatic rings. The molecule has 35 heavy (non-hydrogen) atoms. The molecule has 0 radical (unpaired) electrons. The number of benzene rings is 3. The Bertz CT molecular complexity index is 1320. The molecule has 7 nitrogen and oxygen atoms in total. The van der Waals surface area contributed by atoms with Crippen molar-refractivity contribution in [3.63, 3.8) is 0 Å². The highest BCUT2D eigenvalue weighted by Gasteiger charge is 2.13. The van der Waals surface area contributed by atoms with Crippen molar-refractivity contribution in [2.45, 2.75) is 13.5 Å². The number of anilines is 1. The number of nitrogens with zero attached hydrogens (tertiary/aromatic N) is 1. The Morgan fingerprint density at radius 1 is 0.857 bits per heavy atom. The maximum atomic E-state index is 12.4. The number of ketones is 1. The molecule has 4 aromatic rings. The van der Waals surface area contributed by atoms with Crippen LogP contribution in [-0.2, 0) is 11.3 Å². The van der Waals surface area contributed by atoms with Gasteiger partial charge in [0.05, 0.1) is 16.3 Å². The maximum Gasteiger partial charge on any atom is 0.338 e. The molecule has 0 aliphatic carbocycles. The van der Waals surface area contributed by atoms with Gasteiger partial charge in [0, 0.05) is 22.2 Å². The van der Waals surface area contributed by atoms with Crippen LogP contribution in [-0.4, -0.2) is 29.3 Å². The maximum absolute atomic E-state index is 12.4. The molecular weight excluding hydrogens is 464 g/mol. The van der Waals surface area contributed by atoms with Crippen LogP contribution >= 0.6 is 11.3 Å². The van der Waals surface area contributed by atoms with Gasteiger partial charge in [-0.25, -0.2) is 9.78 Å². The molecule has 0 bridgehead atoms. The highest BCUT2D eigenvalue weighted by Crippen LogP contribution is 2.17. The Morgan fingerprint density at radius 3 is 2.20 bits per heavy atom. The van der Waals surface area contributed by atoms with Gasteiger partial charge in [0.25, 0.3) is 5.91 Å². The van der Waals surface area contributed by atoms with Gasteiger partial charge in [-0.2, -0.15) is 0 Å². The zero-order chi connectivity index (χ0) is 24.6. The van der Waals surface area contributed by atoms with Crippen molar-refractivity contribution in [3.05, 3.63) is 112 Å². The molecule has 1 N–H and O–H groups in total. The minimum Gasteiger partial charge on any atom is -0.487 e. The van der Waals surface area contributed by atoms with Crippen LogP contribution in [0, 0.1) is 6.92 Å². The van der Waals surface area contributed by atoms with Gasteiger partial charge in [-0.05, 0) is 67.6 Å². The van der Waals surface area contributed by atoms with E-state index in [0.29, 0.717) is 34.7 Å². The van der Waals surface area contributed by atoms with E-state index in [9.17, 15) is 14.4 Å². The minimum absolute atomic E-state index is 0.242. The number of amides is 1. The topological polar surface area (TPSA) is 94.6 Å². The fourth-order valence-corrected chi connectivity index (χ4v) is 3.75. The van der Waals surface area contributed by atoms with Crippen LogP contribution in [0.1, 0.15) is 41.8 Å². The van der Waals surface area contributed by atoms with Crippen molar-refractivity contribution < 1.29 is 23.9 Å². The smallest absolute Gasteiger partial charge is 0.338 e. The minimum atomic E-state index is -0.605. The summed E-state index contributed by atoms with van der Waals surface area (Å²) in [6.07, 6.45) is 0. The Labute approximate surface area is 206 Å². The number of rotatable bonds is 9. The lowest BCUT2D eigenvalue weighted by molar-refractivity contribution is 0.0474. The quantitative estimate of drug-likeness (QED) is 0.254. The number of aromatic nitrogens is 1. The fraction of sp³-hybridized carbons (Fsp3) is 0.111. The molecular formula is C27H22N2O5S. The third kappa shape index (κ3) is 6.61. The second-order valence-corrected chi connectivity index (χ2v) is 8.63. The lowest BCUT2D eigenvalue weighted by atomic mass is 10.1. The van der Waals surface area contributed by atoms with Crippen LogP contribution in [0.15, 0.2) is 84.2 Å². The molecule has 0 unspecified atom stereocenters. The van der Waals surface area contributed by atoms with Crippen molar-refractivity contribution in [2.24, 2.45) is 0 Å². The van der Waals surface area contributed by atoms with E-state index in [1.54, 1.807) is 84.1 Å². The van der Waals surface area contributed by atoms with Crippen LogP contribution in [0.2, 0.25) is 0 Å². The van der Waals surface area contributed by atoms with Gasteiger partial charge in [-0.3, -0.25) is 9.59 Å². The van der Waals surface area contributed by atoms with E-state index in [1.807, 2.05) is 18.4 Å². The number of Topliss-reactive ketones (excluding diaryl/α,β-unsaturated/α-hetero) is 1. The molecule has 176 valence electrons. The van der Waals surface area contributed by atoms with E-state index in [1.165, 1.54) is 0 Å². The average molecular weight is 487 g/mol. The summed E-state index contributed by atoms with van der Waals surface area (Å²) in [7, 11) is 0. The highest BCUT2D eigenvalue weighted by molar-refractivity contribution is 7.09. The summed E-state index contributed by atoms with van der Waals surface area (Å²) in [6.45, 7) is 1.88. The highest BCUT2D eigenvalue weighted by atomic mass is 32.1. The van der Waals surface area contributed by atoms with Gasteiger partial charge < -0.3 is 14.8 Å². The second kappa shape index (κ2) is 11.2. The molecule has 1 heterocycles. The summed E-state index contributed by atoms with van der Waals surface area (Å²) in [4.78, 5) is 41.3. The van der Waals surface area contributed by atoms with Crippen LogP contribution in [0.5, 0.6) is 5.75 Å². The van der Waals surface area contributed by atoms with Crippen molar-refractivity contribution >= 4 is 34.7 Å². The summed E-state index contributed by atoms with van der Waals surface area (Å²) in [5.41, 5.74) is 2.62. The van der Waals surface area contributed by atoms with E-state index in [0.717, 1.165) is 10.7 Å². The number of ether oxygens (including phenoxy) is 2. The largest absolute Gasteiger partial charge is 0.487 e. The van der Waals surface area contributed by atoms with Crippen LogP contribution < -0.4 is 10.1 Å². The standard InChI is InChI=1S/C27H22N2O5S/c1-18-28-23(17-35-18)15-33-24-13-9-21(10-14-24)27(32)34-16-25(30)19-7-11-22(12-8-19)29-26(31)20-5-3-2-4-6-20/h2-14,17H,15-16H2,1H3,(H,29,31). The molecule has 0 atom stereocenters. The van der Waals surface area contributed by atoms with Gasteiger partial charge in [0.1, 0.15) is 12.4 Å². The van der Waals surface area contributed by atoms with Crippen molar-refractivity contribution in [1.29, 1.82) is 0 Å². The lowest BCUT2D eigenvalue weighted by Gasteiger charge is -2.08. The average Bonchev–Trinajstić information content (AvgIpc) is 3.32. The van der Waals surface area contributed by atoms with Gasteiger partial charge >= 0.3 is 5.97 Å². The summed E-state index contributed by atoms with van der Waals surface area (Å²) >= 11 is 1.56. The monoisotopic (exact) mass is 486 g/mol. The van der Waals surface area contributed by atoms with Crippen molar-refractivity contribution in [1.82, 2.24) is 4.98 Å². The lowest BCUT2D eigenvalue weighted by Crippen LogP contribution is -2.15. The number of hydrogen-bond donors (Lipinski definition) is 1. The predicted molar refractivity (Wildman–Crippen MR) is 133 cm³/mol. The zero-order valence-electron chi connectivity index (χ0n) is 18.9. The second-order valence-electron chi connectivity index (χ2n) is 7.57. The number of thiazole rings is 1. The van der Waals surface area contributed by atoms with E-state index in [2.05, 4.69) is 10.3 Å². The third-order valence-corrected chi connectivity index (χ3v) is 5.80. The molecule has 0 saturated carbocycles. The van der Waals surface area contributed by atoms with Crippen LogP contribution in [0.4, 0.5) is 5.69 Å². The fourth-order valence-electron chi connectivity index (χ4n) is 3.15. The third-order valence-electron chi connectivity index (χ3n) is 4.98. The molecule has 1 aromatic heterocycles. The van der Waals surface area contributed by atoms with Crippen molar-refractivity contribution in [2.75, 3.05) is 11.9 Å². The molecule has 0 fully saturated rings. The first-order chi connectivity index (χ1) is 17.0. The Hall–Kier alpha value is -4.30. The Balaban J connectivity index is 1.25. The molecule has 3 aromatic carbocycles. The molecule has 1 amide bonds. The summed E-state index contributed by atoms with van der Waals surface area (Å²) in [6, 6.07) is 21.7. The van der Waals surface area contributed by atoms with Gasteiger partial charge in [0.15, 0.2) is 12.4 Å². The first kappa shape index (κ1) is 23.8. The first-order valence-corrected chi connectivity index (χ1v) is 11.7. The number of esters is 1. The molecule has 0 spiro atoms. The Morgan fingerprint density at radius 2 is 1.54 bits per heavy atom. The zero-order valence-corrected chi connectivity index (χ0v) is 19.7.